The lowest BCUT2D eigenvalue weighted by Gasteiger charge is -2.24. The Bertz CT molecular complexity index is 528. The maximum Gasteiger partial charge on any atom is 0.326 e. The molecule has 0 radical (unpaired) electrons. The number of rotatable bonds is 3. The lowest BCUT2D eigenvalue weighted by atomic mass is 9.96. The van der Waals surface area contributed by atoms with Crippen molar-refractivity contribution in [3.63, 3.8) is 0 Å². The largest absolute Gasteiger partial charge is 0.480 e. The van der Waals surface area contributed by atoms with E-state index in [0.717, 1.165) is 25.7 Å². The monoisotopic (exact) mass is 287 g/mol. The van der Waals surface area contributed by atoms with E-state index in [-0.39, 0.29) is 11.8 Å². The Morgan fingerprint density at radius 3 is 2.57 bits per heavy atom. The molecule has 1 unspecified atom stereocenters. The smallest absolute Gasteiger partial charge is 0.326 e. The molecule has 1 aromatic carbocycles. The van der Waals surface area contributed by atoms with Gasteiger partial charge in [0.2, 0.25) is 5.91 Å². The van der Waals surface area contributed by atoms with Gasteiger partial charge in [-0.3, -0.25) is 4.79 Å². The average Bonchev–Trinajstić information content (AvgIpc) is 3.17. The summed E-state index contributed by atoms with van der Waals surface area (Å²) >= 11 is 0. The van der Waals surface area contributed by atoms with Gasteiger partial charge in [-0.15, -0.1) is 0 Å². The van der Waals surface area contributed by atoms with E-state index >= 15 is 0 Å². The average molecular weight is 287 g/mol. The molecule has 1 N–H and O–H groups in total. The van der Waals surface area contributed by atoms with Crippen LogP contribution in [0, 0.1) is 5.92 Å². The molecule has 0 spiro atoms. The highest BCUT2D eigenvalue weighted by Crippen LogP contribution is 2.39. The van der Waals surface area contributed by atoms with E-state index < -0.39 is 12.0 Å². The second-order valence-corrected chi connectivity index (χ2v) is 6.15. The Kier molecular flexibility index (Phi) is 3.95. The first-order valence-electron chi connectivity index (χ1n) is 7.75. The van der Waals surface area contributed by atoms with Gasteiger partial charge in [0, 0.05) is 12.5 Å². The van der Waals surface area contributed by atoms with Crippen LogP contribution in [0.5, 0.6) is 0 Å². The molecule has 1 aliphatic heterocycles. The van der Waals surface area contributed by atoms with Crippen molar-refractivity contribution in [2.45, 2.75) is 44.1 Å². The van der Waals surface area contributed by atoms with Crippen LogP contribution in [0.15, 0.2) is 30.3 Å². The molecule has 0 aromatic heterocycles. The van der Waals surface area contributed by atoms with Crippen LogP contribution in [0.2, 0.25) is 0 Å². The van der Waals surface area contributed by atoms with Crippen molar-refractivity contribution in [2.24, 2.45) is 5.92 Å². The van der Waals surface area contributed by atoms with Gasteiger partial charge in [0.1, 0.15) is 6.04 Å². The normalized spacial score (nSPS) is 28.8. The first kappa shape index (κ1) is 14.1. The minimum atomic E-state index is -0.863. The molecule has 21 heavy (non-hydrogen) atoms. The quantitative estimate of drug-likeness (QED) is 0.929. The number of nitrogens with zero attached hydrogens (tertiary/aromatic N) is 1. The van der Waals surface area contributed by atoms with Gasteiger partial charge in [0.15, 0.2) is 0 Å². The minimum Gasteiger partial charge on any atom is -0.480 e. The van der Waals surface area contributed by atoms with E-state index in [9.17, 15) is 14.7 Å². The van der Waals surface area contributed by atoms with Crippen molar-refractivity contribution >= 4 is 11.9 Å². The standard InChI is InChI=1S/C17H21NO3/c19-16(18-10-4-7-15(18)17(20)21)14-9-8-13(11-14)12-5-2-1-3-6-12/h1-3,5-6,13-15H,4,7-11H2,(H,20,21)/t13-,14-,15?/m1/s1. The van der Waals surface area contributed by atoms with Crippen LogP contribution in [0.1, 0.15) is 43.6 Å². The first-order chi connectivity index (χ1) is 10.2. The van der Waals surface area contributed by atoms with E-state index in [0.29, 0.717) is 18.9 Å². The third kappa shape index (κ3) is 2.80. The van der Waals surface area contributed by atoms with Crippen LogP contribution in [0.4, 0.5) is 0 Å². The highest BCUT2D eigenvalue weighted by molar-refractivity contribution is 5.86. The summed E-state index contributed by atoms with van der Waals surface area (Å²) in [5, 5.41) is 9.21. The minimum absolute atomic E-state index is 0.00449. The molecule has 1 saturated carbocycles. The number of aliphatic carboxylic acids is 1. The first-order valence-corrected chi connectivity index (χ1v) is 7.75. The van der Waals surface area contributed by atoms with Crippen molar-refractivity contribution in [2.75, 3.05) is 6.54 Å². The van der Waals surface area contributed by atoms with Gasteiger partial charge >= 0.3 is 5.97 Å². The number of likely N-dealkylation sites (tertiary alicyclic amines) is 1. The highest BCUT2D eigenvalue weighted by Gasteiger charge is 2.39. The molecule has 4 nitrogen and oxygen atoms in total. The third-order valence-electron chi connectivity index (χ3n) is 4.87. The van der Waals surface area contributed by atoms with E-state index in [4.69, 9.17) is 0 Å². The van der Waals surface area contributed by atoms with Gasteiger partial charge < -0.3 is 10.0 Å². The van der Waals surface area contributed by atoms with Gasteiger partial charge in [-0.2, -0.15) is 0 Å². The number of carbonyl (C=O) groups excluding carboxylic acids is 1. The van der Waals surface area contributed by atoms with Crippen LogP contribution in [-0.4, -0.2) is 34.5 Å². The second-order valence-electron chi connectivity index (χ2n) is 6.15. The van der Waals surface area contributed by atoms with Gasteiger partial charge in [0.05, 0.1) is 0 Å². The Morgan fingerprint density at radius 2 is 1.86 bits per heavy atom. The molecule has 4 heteroatoms. The Hall–Kier alpha value is -1.84. The van der Waals surface area contributed by atoms with E-state index in [1.165, 1.54) is 5.56 Å². The SMILES string of the molecule is O=C(O)C1CCCN1C(=O)[C@@H]1CC[C@@H](c2ccccc2)C1. The van der Waals surface area contributed by atoms with E-state index in [1.54, 1.807) is 4.90 Å². The van der Waals surface area contributed by atoms with Crippen molar-refractivity contribution in [1.82, 2.24) is 4.90 Å². The van der Waals surface area contributed by atoms with Crippen LogP contribution in [-0.2, 0) is 9.59 Å². The molecule has 1 aromatic rings. The van der Waals surface area contributed by atoms with Gasteiger partial charge in [-0.25, -0.2) is 4.79 Å². The Balaban J connectivity index is 1.66. The fourth-order valence-electron chi connectivity index (χ4n) is 3.76. The number of amides is 1. The number of hydrogen-bond donors (Lipinski definition) is 1. The molecule has 1 amide bonds. The third-order valence-corrected chi connectivity index (χ3v) is 4.87. The lowest BCUT2D eigenvalue weighted by Crippen LogP contribution is -2.43. The van der Waals surface area contributed by atoms with E-state index in [1.807, 2.05) is 18.2 Å². The fraction of sp³-hybridized carbons (Fsp3) is 0.529. The maximum atomic E-state index is 12.6. The highest BCUT2D eigenvalue weighted by atomic mass is 16.4. The molecule has 112 valence electrons. The maximum absolute atomic E-state index is 12.6. The molecule has 2 aliphatic rings. The molecule has 1 heterocycles. The number of carboxylic acid groups (broad SMARTS) is 1. The Morgan fingerprint density at radius 1 is 1.10 bits per heavy atom. The van der Waals surface area contributed by atoms with Crippen LogP contribution < -0.4 is 0 Å². The summed E-state index contributed by atoms with van der Waals surface area (Å²) in [6.45, 7) is 0.600. The zero-order valence-electron chi connectivity index (χ0n) is 12.1. The van der Waals surface area contributed by atoms with Gasteiger partial charge in [0.25, 0.3) is 0 Å². The summed E-state index contributed by atoms with van der Waals surface area (Å²) in [5.74, 6) is -0.377. The van der Waals surface area contributed by atoms with E-state index in [2.05, 4.69) is 12.1 Å². The second kappa shape index (κ2) is 5.88. The predicted octanol–water partition coefficient (Wildman–Crippen LogP) is 2.65. The molecule has 1 aliphatic carbocycles. The van der Waals surface area contributed by atoms with Crippen molar-refractivity contribution in [1.29, 1.82) is 0 Å². The fourth-order valence-corrected chi connectivity index (χ4v) is 3.76. The zero-order valence-corrected chi connectivity index (χ0v) is 12.1. The topological polar surface area (TPSA) is 57.6 Å². The number of hydrogen-bond acceptors (Lipinski definition) is 2. The molecular formula is C17H21NO3. The molecule has 0 bridgehead atoms. The number of carboxylic acids is 1. The molecule has 2 fully saturated rings. The zero-order chi connectivity index (χ0) is 14.8. The summed E-state index contributed by atoms with van der Waals surface area (Å²) in [7, 11) is 0. The lowest BCUT2D eigenvalue weighted by molar-refractivity contribution is -0.149. The van der Waals surface area contributed by atoms with Gasteiger partial charge in [-0.05, 0) is 43.6 Å². The molecular weight excluding hydrogens is 266 g/mol. The van der Waals surface area contributed by atoms with Crippen molar-refractivity contribution < 1.29 is 14.7 Å². The number of benzene rings is 1. The van der Waals surface area contributed by atoms with Crippen molar-refractivity contribution in [3.05, 3.63) is 35.9 Å². The summed E-state index contributed by atoms with van der Waals surface area (Å²) < 4.78 is 0. The van der Waals surface area contributed by atoms with Crippen LogP contribution in [0.25, 0.3) is 0 Å². The Labute approximate surface area is 124 Å². The number of carbonyl (C=O) groups is 2. The van der Waals surface area contributed by atoms with Crippen LogP contribution >= 0.6 is 0 Å². The summed E-state index contributed by atoms with van der Waals surface area (Å²) in [5.41, 5.74) is 1.30. The molecule has 3 atom stereocenters. The van der Waals surface area contributed by atoms with Gasteiger partial charge in [-0.1, -0.05) is 30.3 Å². The predicted molar refractivity (Wildman–Crippen MR) is 78.9 cm³/mol. The summed E-state index contributed by atoms with van der Waals surface area (Å²) in [4.78, 5) is 25.4. The van der Waals surface area contributed by atoms with Crippen LogP contribution in [0.3, 0.4) is 0 Å². The molecule has 3 rings (SSSR count). The summed E-state index contributed by atoms with van der Waals surface area (Å²) in [6.07, 6.45) is 4.15. The summed E-state index contributed by atoms with van der Waals surface area (Å²) in [6, 6.07) is 9.70. The van der Waals surface area contributed by atoms with Crippen molar-refractivity contribution in [3.8, 4) is 0 Å². The molecule has 1 saturated heterocycles.